The monoisotopic (exact) mass is 544 g/mol. The van der Waals surface area contributed by atoms with Gasteiger partial charge in [0.25, 0.3) is 5.92 Å². The Kier molecular flexibility index (Phi) is 9.42. The van der Waals surface area contributed by atoms with Crippen LogP contribution in [0.1, 0.15) is 29.5 Å². The lowest BCUT2D eigenvalue weighted by atomic mass is 9.82. The summed E-state index contributed by atoms with van der Waals surface area (Å²) < 4.78 is 55.2. The van der Waals surface area contributed by atoms with Gasteiger partial charge >= 0.3 is 0 Å². The summed E-state index contributed by atoms with van der Waals surface area (Å²) in [6.07, 6.45) is -1.45. The lowest BCUT2D eigenvalue weighted by Crippen LogP contribution is -2.53. The van der Waals surface area contributed by atoms with Crippen LogP contribution in [-0.4, -0.2) is 24.7 Å². The third-order valence-corrected chi connectivity index (χ3v) is 7.11. The summed E-state index contributed by atoms with van der Waals surface area (Å²) in [6, 6.07) is 36.0. The van der Waals surface area contributed by atoms with Crippen LogP contribution >= 0.6 is 0 Å². The molecule has 0 aromatic heterocycles. The Morgan fingerprint density at radius 3 is 1.73 bits per heavy atom. The van der Waals surface area contributed by atoms with Gasteiger partial charge in [-0.05, 0) is 47.4 Å². The molecular weight excluding hydrogens is 510 g/mol. The molecule has 1 aliphatic rings. The summed E-state index contributed by atoms with van der Waals surface area (Å²) in [6.45, 7) is 0.972. The number of hydrogen-bond donors (Lipinski definition) is 0. The lowest BCUT2D eigenvalue weighted by molar-refractivity contribution is -0.200. The van der Waals surface area contributed by atoms with Crippen LogP contribution < -0.4 is 9.47 Å². The van der Waals surface area contributed by atoms with Gasteiger partial charge in [-0.15, -0.1) is 0 Å². The Bertz CT molecular complexity index is 1280. The number of hydrogen-bond acceptors (Lipinski definition) is 4. The molecule has 0 saturated heterocycles. The van der Waals surface area contributed by atoms with E-state index >= 15 is 8.78 Å². The van der Waals surface area contributed by atoms with E-state index in [-0.39, 0.29) is 32.2 Å². The topological polar surface area (TPSA) is 36.9 Å². The van der Waals surface area contributed by atoms with Gasteiger partial charge in [0.15, 0.2) is 6.10 Å². The summed E-state index contributed by atoms with van der Waals surface area (Å²) in [5, 5.41) is 0. The highest BCUT2D eigenvalue weighted by atomic mass is 19.3. The second-order valence-corrected chi connectivity index (χ2v) is 10.1. The number of alkyl halides is 2. The molecule has 0 heterocycles. The molecular formula is C34H34F2O4. The van der Waals surface area contributed by atoms with E-state index in [1.54, 1.807) is 24.3 Å². The van der Waals surface area contributed by atoms with E-state index in [1.807, 2.05) is 91.0 Å². The van der Waals surface area contributed by atoms with Crippen molar-refractivity contribution in [2.75, 3.05) is 6.61 Å². The maximum absolute atomic E-state index is 15.8. The van der Waals surface area contributed by atoms with Crippen LogP contribution in [0.5, 0.6) is 11.5 Å². The van der Waals surface area contributed by atoms with Crippen molar-refractivity contribution in [3.8, 4) is 11.5 Å². The van der Waals surface area contributed by atoms with Crippen LogP contribution in [-0.2, 0) is 29.3 Å². The van der Waals surface area contributed by atoms with Gasteiger partial charge in [0.05, 0.1) is 31.8 Å². The van der Waals surface area contributed by atoms with Gasteiger partial charge in [-0.25, -0.2) is 8.78 Å². The van der Waals surface area contributed by atoms with Crippen molar-refractivity contribution >= 4 is 0 Å². The highest BCUT2D eigenvalue weighted by Crippen LogP contribution is 2.42. The predicted octanol–water partition coefficient (Wildman–Crippen LogP) is 7.86. The molecule has 0 radical (unpaired) electrons. The molecule has 1 aliphatic carbocycles. The van der Waals surface area contributed by atoms with Crippen LogP contribution in [0.4, 0.5) is 8.78 Å². The SMILES string of the molecule is FC1(F)C(COCc2ccccc2)CC(OCc2ccccc2)CC1Oc1ccc(OCc2ccccc2)cc1. The van der Waals surface area contributed by atoms with Gasteiger partial charge in [0.2, 0.25) is 0 Å². The predicted molar refractivity (Wildman–Crippen MR) is 150 cm³/mol. The van der Waals surface area contributed by atoms with Crippen molar-refractivity contribution in [1.82, 2.24) is 0 Å². The third kappa shape index (κ3) is 7.68. The van der Waals surface area contributed by atoms with Crippen LogP contribution in [0.25, 0.3) is 0 Å². The van der Waals surface area contributed by atoms with Crippen LogP contribution in [0.3, 0.4) is 0 Å². The second kappa shape index (κ2) is 13.6. The molecule has 5 rings (SSSR count). The quantitative estimate of drug-likeness (QED) is 0.182. The van der Waals surface area contributed by atoms with Gasteiger partial charge in [-0.2, -0.15) is 0 Å². The van der Waals surface area contributed by atoms with E-state index in [0.717, 1.165) is 16.7 Å². The van der Waals surface area contributed by atoms with E-state index in [4.69, 9.17) is 18.9 Å². The minimum atomic E-state index is -3.09. The minimum absolute atomic E-state index is 0.0841. The summed E-state index contributed by atoms with van der Waals surface area (Å²) >= 11 is 0. The van der Waals surface area contributed by atoms with Crippen molar-refractivity contribution in [1.29, 1.82) is 0 Å². The molecule has 40 heavy (non-hydrogen) atoms. The zero-order valence-corrected chi connectivity index (χ0v) is 22.3. The number of rotatable bonds is 12. The largest absolute Gasteiger partial charge is 0.489 e. The van der Waals surface area contributed by atoms with Gasteiger partial charge < -0.3 is 18.9 Å². The van der Waals surface area contributed by atoms with Crippen LogP contribution in [0.2, 0.25) is 0 Å². The number of halogens is 2. The number of benzene rings is 4. The van der Waals surface area contributed by atoms with E-state index < -0.39 is 17.9 Å². The fourth-order valence-corrected chi connectivity index (χ4v) is 4.87. The first-order valence-corrected chi connectivity index (χ1v) is 13.6. The van der Waals surface area contributed by atoms with Crippen LogP contribution in [0.15, 0.2) is 115 Å². The zero-order valence-electron chi connectivity index (χ0n) is 22.3. The van der Waals surface area contributed by atoms with Crippen LogP contribution in [0, 0.1) is 5.92 Å². The molecule has 4 aromatic carbocycles. The Labute approximate surface area is 234 Å². The molecule has 4 aromatic rings. The zero-order chi connectivity index (χ0) is 27.6. The normalized spacial score (nSPS) is 20.1. The average molecular weight is 545 g/mol. The van der Waals surface area contributed by atoms with Crippen molar-refractivity contribution in [2.45, 2.75) is 50.8 Å². The highest BCUT2D eigenvalue weighted by Gasteiger charge is 2.54. The Hall–Kier alpha value is -3.74. The first kappa shape index (κ1) is 27.8. The Balaban J connectivity index is 1.24. The molecule has 1 saturated carbocycles. The van der Waals surface area contributed by atoms with Crippen molar-refractivity contribution in [2.24, 2.45) is 5.92 Å². The summed E-state index contributed by atoms with van der Waals surface area (Å²) in [5.41, 5.74) is 2.99. The molecule has 0 spiro atoms. The summed E-state index contributed by atoms with van der Waals surface area (Å²) in [4.78, 5) is 0. The molecule has 0 N–H and O–H groups in total. The maximum atomic E-state index is 15.8. The molecule has 3 unspecified atom stereocenters. The molecule has 3 atom stereocenters. The molecule has 0 amide bonds. The standard InChI is InChI=1S/C34H34F2O4/c35-34(36)29(25-37-22-26-10-4-1-5-11-26)20-32(39-24-28-14-8-3-9-15-28)21-33(34)40-31-18-16-30(17-19-31)38-23-27-12-6-2-7-13-27/h1-19,29,32-33H,20-25H2. The lowest BCUT2D eigenvalue weighted by Gasteiger charge is -2.41. The first-order valence-electron chi connectivity index (χ1n) is 13.6. The number of ether oxygens (including phenoxy) is 4. The Morgan fingerprint density at radius 1 is 0.600 bits per heavy atom. The van der Waals surface area contributed by atoms with E-state index in [2.05, 4.69) is 0 Å². The van der Waals surface area contributed by atoms with E-state index in [9.17, 15) is 0 Å². The second-order valence-electron chi connectivity index (χ2n) is 10.1. The van der Waals surface area contributed by atoms with Gasteiger partial charge in [0, 0.05) is 6.42 Å². The first-order chi connectivity index (χ1) is 19.6. The molecule has 4 nitrogen and oxygen atoms in total. The average Bonchev–Trinajstić information content (AvgIpc) is 2.99. The molecule has 6 heteroatoms. The fourth-order valence-electron chi connectivity index (χ4n) is 4.87. The van der Waals surface area contributed by atoms with E-state index in [0.29, 0.717) is 24.7 Å². The fraction of sp³-hybridized carbons (Fsp3) is 0.294. The van der Waals surface area contributed by atoms with E-state index in [1.165, 1.54) is 0 Å². The molecule has 208 valence electrons. The van der Waals surface area contributed by atoms with Crippen molar-refractivity contribution in [3.63, 3.8) is 0 Å². The third-order valence-electron chi connectivity index (χ3n) is 7.11. The van der Waals surface area contributed by atoms with Gasteiger partial charge in [-0.1, -0.05) is 91.0 Å². The maximum Gasteiger partial charge on any atom is 0.289 e. The summed E-state index contributed by atoms with van der Waals surface area (Å²) in [5.74, 6) is -3.12. The highest BCUT2D eigenvalue weighted by molar-refractivity contribution is 5.32. The molecule has 0 bridgehead atoms. The van der Waals surface area contributed by atoms with Crippen molar-refractivity contribution < 1.29 is 27.7 Å². The van der Waals surface area contributed by atoms with Gasteiger partial charge in [0.1, 0.15) is 18.1 Å². The smallest absolute Gasteiger partial charge is 0.289 e. The minimum Gasteiger partial charge on any atom is -0.489 e. The molecule has 0 aliphatic heterocycles. The van der Waals surface area contributed by atoms with Gasteiger partial charge in [-0.3, -0.25) is 0 Å². The van der Waals surface area contributed by atoms with Crippen molar-refractivity contribution in [3.05, 3.63) is 132 Å². The molecule has 1 fully saturated rings. The summed E-state index contributed by atoms with van der Waals surface area (Å²) in [7, 11) is 0. The Morgan fingerprint density at radius 2 is 1.12 bits per heavy atom.